The van der Waals surface area contributed by atoms with Gasteiger partial charge in [0.05, 0.1) is 12.8 Å². The third kappa shape index (κ3) is 3.69. The van der Waals surface area contributed by atoms with Gasteiger partial charge < -0.3 is 15.8 Å². The quantitative estimate of drug-likeness (QED) is 0.807. The van der Waals surface area contributed by atoms with Crippen LogP contribution in [0.1, 0.15) is 15.4 Å². The number of aromatic nitrogens is 1. The van der Waals surface area contributed by atoms with Crippen LogP contribution in [0.25, 0.3) is 0 Å². The summed E-state index contributed by atoms with van der Waals surface area (Å²) in [5.74, 6) is -0.268. The van der Waals surface area contributed by atoms with Gasteiger partial charge in [-0.05, 0) is 31.2 Å². The van der Waals surface area contributed by atoms with Crippen molar-refractivity contribution in [2.45, 2.75) is 6.92 Å². The molecule has 110 valence electrons. The molecule has 2 amide bonds. The number of ether oxygens (including phenoxy) is 1. The minimum Gasteiger partial charge on any atom is -0.453 e. The van der Waals surface area contributed by atoms with E-state index < -0.39 is 6.09 Å². The maximum atomic E-state index is 12.1. The van der Waals surface area contributed by atoms with Crippen LogP contribution < -0.4 is 16.4 Å². The van der Waals surface area contributed by atoms with Crippen molar-refractivity contribution in [1.82, 2.24) is 4.98 Å². The van der Waals surface area contributed by atoms with Gasteiger partial charge in [0.15, 0.2) is 5.13 Å². The molecular weight excluding hydrogens is 292 g/mol. The molecule has 0 aliphatic heterocycles. The van der Waals surface area contributed by atoms with Gasteiger partial charge in [0.2, 0.25) is 0 Å². The number of benzene rings is 1. The summed E-state index contributed by atoms with van der Waals surface area (Å²) in [4.78, 5) is 27.6. The van der Waals surface area contributed by atoms with Crippen LogP contribution in [0.15, 0.2) is 24.3 Å². The summed E-state index contributed by atoms with van der Waals surface area (Å²) in [6.07, 6.45) is -0.553. The molecule has 0 bridgehead atoms. The van der Waals surface area contributed by atoms with E-state index in [2.05, 4.69) is 20.4 Å². The average molecular weight is 306 g/mol. The Morgan fingerprint density at radius 2 is 1.76 bits per heavy atom. The first-order chi connectivity index (χ1) is 9.99. The molecule has 1 aromatic carbocycles. The summed E-state index contributed by atoms with van der Waals surface area (Å²) in [7, 11) is 1.28. The molecule has 2 rings (SSSR count). The lowest BCUT2D eigenvalue weighted by molar-refractivity contribution is 0.102. The van der Waals surface area contributed by atoms with E-state index in [1.807, 2.05) is 0 Å². The highest BCUT2D eigenvalue weighted by molar-refractivity contribution is 7.17. The van der Waals surface area contributed by atoms with Crippen molar-refractivity contribution in [3.63, 3.8) is 0 Å². The topological polar surface area (TPSA) is 106 Å². The SMILES string of the molecule is COC(=O)Nc1ccc(NC(=O)c2sc(N)nc2C)cc1. The number of nitrogens with one attached hydrogen (secondary N) is 2. The van der Waals surface area contributed by atoms with E-state index in [1.165, 1.54) is 7.11 Å². The Balaban J connectivity index is 2.05. The van der Waals surface area contributed by atoms with E-state index in [0.29, 0.717) is 27.1 Å². The maximum absolute atomic E-state index is 12.1. The number of methoxy groups -OCH3 is 1. The van der Waals surface area contributed by atoms with Crippen molar-refractivity contribution < 1.29 is 14.3 Å². The minimum atomic E-state index is -0.553. The van der Waals surface area contributed by atoms with Gasteiger partial charge in [-0.3, -0.25) is 10.1 Å². The predicted octanol–water partition coefficient (Wildman–Crippen LogP) is 2.46. The average Bonchev–Trinajstić information content (AvgIpc) is 2.80. The molecular formula is C13H14N4O3S. The number of nitrogens with two attached hydrogens (primary N) is 1. The van der Waals surface area contributed by atoms with Crippen LogP contribution in [0.5, 0.6) is 0 Å². The molecule has 0 aliphatic carbocycles. The minimum absolute atomic E-state index is 0.268. The van der Waals surface area contributed by atoms with Gasteiger partial charge in [0.25, 0.3) is 5.91 Å². The van der Waals surface area contributed by atoms with Crippen LogP contribution in [-0.4, -0.2) is 24.1 Å². The Kier molecular flexibility index (Phi) is 4.39. The number of nitrogen functional groups attached to an aromatic ring is 1. The normalized spacial score (nSPS) is 10.0. The van der Waals surface area contributed by atoms with Crippen molar-refractivity contribution >= 4 is 39.8 Å². The zero-order chi connectivity index (χ0) is 15.4. The fraction of sp³-hybridized carbons (Fsp3) is 0.154. The van der Waals surface area contributed by atoms with E-state index in [4.69, 9.17) is 5.73 Å². The third-order valence-electron chi connectivity index (χ3n) is 2.59. The lowest BCUT2D eigenvalue weighted by atomic mass is 10.2. The molecule has 0 aliphatic rings. The number of nitrogens with zero attached hydrogens (tertiary/aromatic N) is 1. The number of thiazole rings is 1. The molecule has 0 spiro atoms. The van der Waals surface area contributed by atoms with Crippen LogP contribution >= 0.6 is 11.3 Å². The zero-order valence-corrected chi connectivity index (χ0v) is 12.3. The molecule has 21 heavy (non-hydrogen) atoms. The molecule has 0 saturated carbocycles. The fourth-order valence-corrected chi connectivity index (χ4v) is 2.35. The van der Waals surface area contributed by atoms with Gasteiger partial charge in [-0.2, -0.15) is 0 Å². The molecule has 7 nitrogen and oxygen atoms in total. The second-order valence-electron chi connectivity index (χ2n) is 4.11. The standard InChI is InChI=1S/C13H14N4O3S/c1-7-10(21-12(14)15-7)11(18)16-8-3-5-9(6-4-8)17-13(19)20-2/h3-6H,1-2H3,(H2,14,15)(H,16,18)(H,17,19). The molecule has 8 heteroatoms. The lowest BCUT2D eigenvalue weighted by Gasteiger charge is -2.06. The molecule has 0 radical (unpaired) electrons. The first-order valence-corrected chi connectivity index (χ1v) is 6.80. The molecule has 0 atom stereocenters. The molecule has 4 N–H and O–H groups in total. The number of hydrogen-bond acceptors (Lipinski definition) is 6. The zero-order valence-electron chi connectivity index (χ0n) is 11.5. The summed E-state index contributed by atoms with van der Waals surface area (Å²) < 4.78 is 4.49. The van der Waals surface area contributed by atoms with E-state index in [-0.39, 0.29) is 5.91 Å². The predicted molar refractivity (Wildman–Crippen MR) is 81.7 cm³/mol. The highest BCUT2D eigenvalue weighted by atomic mass is 32.1. The second-order valence-corrected chi connectivity index (χ2v) is 5.15. The van der Waals surface area contributed by atoms with Crippen LogP contribution in [0, 0.1) is 6.92 Å². The van der Waals surface area contributed by atoms with Crippen LogP contribution in [-0.2, 0) is 4.74 Å². The molecule has 2 aromatic rings. The summed E-state index contributed by atoms with van der Waals surface area (Å²) in [6.45, 7) is 1.73. The molecule has 1 heterocycles. The van der Waals surface area contributed by atoms with E-state index in [9.17, 15) is 9.59 Å². The Bertz CT molecular complexity index is 667. The van der Waals surface area contributed by atoms with Gasteiger partial charge in [0, 0.05) is 11.4 Å². The summed E-state index contributed by atoms with van der Waals surface area (Å²) >= 11 is 1.14. The third-order valence-corrected chi connectivity index (χ3v) is 3.58. The fourth-order valence-electron chi connectivity index (χ4n) is 1.62. The Hall–Kier alpha value is -2.61. The van der Waals surface area contributed by atoms with E-state index in [1.54, 1.807) is 31.2 Å². The van der Waals surface area contributed by atoms with Gasteiger partial charge in [-0.25, -0.2) is 9.78 Å². The lowest BCUT2D eigenvalue weighted by Crippen LogP contribution is -2.12. The van der Waals surface area contributed by atoms with Crippen molar-refractivity contribution in [3.05, 3.63) is 34.8 Å². The number of hydrogen-bond donors (Lipinski definition) is 3. The number of amides is 2. The number of carbonyl (C=O) groups is 2. The highest BCUT2D eigenvalue weighted by Gasteiger charge is 2.14. The molecule has 0 unspecified atom stereocenters. The number of anilines is 3. The van der Waals surface area contributed by atoms with Crippen LogP contribution in [0.2, 0.25) is 0 Å². The first kappa shape index (κ1) is 14.8. The molecule has 0 fully saturated rings. The first-order valence-electron chi connectivity index (χ1n) is 5.99. The van der Waals surface area contributed by atoms with E-state index in [0.717, 1.165) is 11.3 Å². The maximum Gasteiger partial charge on any atom is 0.411 e. The van der Waals surface area contributed by atoms with Crippen molar-refractivity contribution in [3.8, 4) is 0 Å². The summed E-state index contributed by atoms with van der Waals surface area (Å²) in [5.41, 5.74) is 7.33. The van der Waals surface area contributed by atoms with Gasteiger partial charge in [-0.15, -0.1) is 0 Å². The smallest absolute Gasteiger partial charge is 0.411 e. The summed E-state index contributed by atoms with van der Waals surface area (Å²) in [6, 6.07) is 6.65. The number of aryl methyl sites for hydroxylation is 1. The molecule has 0 saturated heterocycles. The van der Waals surface area contributed by atoms with Gasteiger partial charge in [0.1, 0.15) is 4.88 Å². The van der Waals surface area contributed by atoms with Crippen LogP contribution in [0.3, 0.4) is 0 Å². The van der Waals surface area contributed by atoms with Crippen molar-refractivity contribution in [2.75, 3.05) is 23.5 Å². The second kappa shape index (κ2) is 6.23. The Morgan fingerprint density at radius 3 is 2.24 bits per heavy atom. The Labute approximate surface area is 125 Å². The van der Waals surface area contributed by atoms with Crippen LogP contribution in [0.4, 0.5) is 21.3 Å². The van der Waals surface area contributed by atoms with Gasteiger partial charge >= 0.3 is 6.09 Å². The van der Waals surface area contributed by atoms with Gasteiger partial charge in [-0.1, -0.05) is 11.3 Å². The summed E-state index contributed by atoms with van der Waals surface area (Å²) in [5, 5.41) is 5.61. The highest BCUT2D eigenvalue weighted by Crippen LogP contribution is 2.21. The van der Waals surface area contributed by atoms with Crippen molar-refractivity contribution in [2.24, 2.45) is 0 Å². The largest absolute Gasteiger partial charge is 0.453 e. The monoisotopic (exact) mass is 306 g/mol. The van der Waals surface area contributed by atoms with E-state index >= 15 is 0 Å². The molecule has 1 aromatic heterocycles. The number of rotatable bonds is 3. The Morgan fingerprint density at radius 1 is 1.19 bits per heavy atom. The van der Waals surface area contributed by atoms with Crippen molar-refractivity contribution in [1.29, 1.82) is 0 Å². The number of carbonyl (C=O) groups excluding carboxylic acids is 2.